The molecular weight excluding hydrogens is 382 g/mol. The molecule has 2 aliphatic heterocycles. The van der Waals surface area contributed by atoms with Crippen molar-refractivity contribution >= 4 is 35.0 Å². The van der Waals surface area contributed by atoms with E-state index in [1.807, 2.05) is 6.07 Å². The summed E-state index contributed by atoms with van der Waals surface area (Å²) in [6.07, 6.45) is 0.843. The van der Waals surface area contributed by atoms with Crippen molar-refractivity contribution in [2.24, 2.45) is 0 Å². The molecule has 2 amide bonds. The van der Waals surface area contributed by atoms with Crippen LogP contribution in [0.5, 0.6) is 0 Å². The SMILES string of the molecule is CC(C)(C)c1cc(NC2CCN(C(=O)O[C@H]3CNC(=O)C3)CC2)c(C(=O)O)s1. The maximum absolute atomic E-state index is 12.3. The van der Waals surface area contributed by atoms with E-state index in [2.05, 4.69) is 31.4 Å². The number of hydrogen-bond acceptors (Lipinski definition) is 6. The van der Waals surface area contributed by atoms with E-state index in [0.29, 0.717) is 43.0 Å². The Morgan fingerprint density at radius 2 is 2.00 bits per heavy atom. The van der Waals surface area contributed by atoms with Gasteiger partial charge in [-0.15, -0.1) is 11.3 Å². The second kappa shape index (κ2) is 7.98. The lowest BCUT2D eigenvalue weighted by Gasteiger charge is -2.32. The molecule has 1 aromatic rings. The molecule has 3 N–H and O–H groups in total. The summed E-state index contributed by atoms with van der Waals surface area (Å²) >= 11 is 1.31. The molecular formula is C19H27N3O5S. The van der Waals surface area contributed by atoms with Crippen LogP contribution in [0.1, 0.15) is 54.6 Å². The number of anilines is 1. The van der Waals surface area contributed by atoms with E-state index < -0.39 is 18.2 Å². The van der Waals surface area contributed by atoms with Crippen LogP contribution < -0.4 is 10.6 Å². The Balaban J connectivity index is 1.55. The highest BCUT2D eigenvalue weighted by Crippen LogP contribution is 2.36. The molecule has 2 saturated heterocycles. The molecule has 2 fully saturated rings. The third-order valence-electron chi connectivity index (χ3n) is 4.99. The number of carboxylic acid groups (broad SMARTS) is 1. The first kappa shape index (κ1) is 20.4. The molecule has 0 bridgehead atoms. The topological polar surface area (TPSA) is 108 Å². The molecule has 154 valence electrons. The van der Waals surface area contributed by atoms with Gasteiger partial charge in [0.2, 0.25) is 5.91 Å². The van der Waals surface area contributed by atoms with Crippen molar-refractivity contribution in [3.05, 3.63) is 15.8 Å². The third kappa shape index (κ3) is 4.76. The van der Waals surface area contributed by atoms with Gasteiger partial charge in [0.05, 0.1) is 18.7 Å². The molecule has 3 heterocycles. The number of nitrogens with zero attached hydrogens (tertiary/aromatic N) is 1. The number of carbonyl (C=O) groups excluding carboxylic acids is 2. The predicted molar refractivity (Wildman–Crippen MR) is 106 cm³/mol. The number of aromatic carboxylic acids is 1. The highest BCUT2D eigenvalue weighted by atomic mass is 32.1. The zero-order valence-corrected chi connectivity index (χ0v) is 17.2. The minimum Gasteiger partial charge on any atom is -0.477 e. The Morgan fingerprint density at radius 3 is 2.54 bits per heavy atom. The minimum absolute atomic E-state index is 0.0966. The Hall–Kier alpha value is -2.29. The van der Waals surface area contributed by atoms with Gasteiger partial charge in [-0.2, -0.15) is 0 Å². The zero-order chi connectivity index (χ0) is 20.5. The molecule has 9 heteroatoms. The molecule has 1 atom stereocenters. The van der Waals surface area contributed by atoms with Crippen molar-refractivity contribution in [1.82, 2.24) is 10.2 Å². The van der Waals surface area contributed by atoms with Crippen LogP contribution in [0.15, 0.2) is 6.07 Å². The molecule has 8 nitrogen and oxygen atoms in total. The fraction of sp³-hybridized carbons (Fsp3) is 0.632. The first-order valence-electron chi connectivity index (χ1n) is 9.50. The van der Waals surface area contributed by atoms with E-state index in [4.69, 9.17) is 4.74 Å². The number of carbonyl (C=O) groups is 3. The van der Waals surface area contributed by atoms with Crippen LogP contribution >= 0.6 is 11.3 Å². The van der Waals surface area contributed by atoms with Gasteiger partial charge in [0.1, 0.15) is 11.0 Å². The number of piperidine rings is 1. The van der Waals surface area contributed by atoms with Gasteiger partial charge in [-0.1, -0.05) is 20.8 Å². The van der Waals surface area contributed by atoms with Crippen molar-refractivity contribution in [3.63, 3.8) is 0 Å². The first-order chi connectivity index (χ1) is 13.1. The van der Waals surface area contributed by atoms with Crippen LogP contribution in [0, 0.1) is 0 Å². The number of hydrogen-bond donors (Lipinski definition) is 3. The molecule has 0 aromatic carbocycles. The number of ether oxygens (including phenoxy) is 1. The van der Waals surface area contributed by atoms with Crippen LogP contribution in [0.2, 0.25) is 0 Å². The van der Waals surface area contributed by atoms with Crippen molar-refractivity contribution in [2.45, 2.75) is 57.6 Å². The summed E-state index contributed by atoms with van der Waals surface area (Å²) in [4.78, 5) is 38.0. The van der Waals surface area contributed by atoms with E-state index in [1.165, 1.54) is 11.3 Å². The standard InChI is InChI=1S/C19H27N3O5S/c1-19(2,3)14-9-13(16(28-14)17(24)25)21-11-4-6-22(7-5-11)18(26)27-12-8-15(23)20-10-12/h9,11-12,21H,4-8,10H2,1-3H3,(H,20,23)(H,24,25)/t12-/m1/s1. The van der Waals surface area contributed by atoms with E-state index in [0.717, 1.165) is 4.88 Å². The summed E-state index contributed by atoms with van der Waals surface area (Å²) in [6.45, 7) is 7.62. The third-order valence-corrected chi connectivity index (χ3v) is 6.53. The number of thiophene rings is 1. The van der Waals surface area contributed by atoms with Crippen molar-refractivity contribution in [3.8, 4) is 0 Å². The molecule has 0 aliphatic carbocycles. The highest BCUT2D eigenvalue weighted by Gasteiger charge is 2.30. The minimum atomic E-state index is -0.927. The number of rotatable bonds is 4. The van der Waals surface area contributed by atoms with E-state index >= 15 is 0 Å². The van der Waals surface area contributed by atoms with Crippen molar-refractivity contribution < 1.29 is 24.2 Å². The number of amides is 2. The zero-order valence-electron chi connectivity index (χ0n) is 16.4. The molecule has 28 heavy (non-hydrogen) atoms. The second-order valence-corrected chi connectivity index (χ2v) is 9.38. The van der Waals surface area contributed by atoms with Crippen LogP contribution in [0.3, 0.4) is 0 Å². The van der Waals surface area contributed by atoms with Crippen molar-refractivity contribution in [2.75, 3.05) is 25.0 Å². The summed E-state index contributed by atoms with van der Waals surface area (Å²) in [7, 11) is 0. The Labute approximate surface area is 168 Å². The van der Waals surface area contributed by atoms with Crippen LogP contribution in [0.4, 0.5) is 10.5 Å². The first-order valence-corrected chi connectivity index (χ1v) is 10.3. The summed E-state index contributed by atoms with van der Waals surface area (Å²) in [5.74, 6) is -1.02. The summed E-state index contributed by atoms with van der Waals surface area (Å²) in [5, 5.41) is 15.5. The molecule has 0 saturated carbocycles. The Bertz CT molecular complexity index is 762. The van der Waals surface area contributed by atoms with Gasteiger partial charge in [-0.25, -0.2) is 9.59 Å². The molecule has 0 unspecified atom stereocenters. The number of likely N-dealkylation sites (tertiary alicyclic amines) is 1. The van der Waals surface area contributed by atoms with E-state index in [-0.39, 0.29) is 23.8 Å². The average Bonchev–Trinajstić information content (AvgIpc) is 3.21. The largest absolute Gasteiger partial charge is 0.477 e. The summed E-state index contributed by atoms with van der Waals surface area (Å²) in [6, 6.07) is 2.03. The fourth-order valence-electron chi connectivity index (χ4n) is 3.33. The fourth-order valence-corrected chi connectivity index (χ4v) is 4.35. The normalized spacial score (nSPS) is 20.8. The van der Waals surface area contributed by atoms with Gasteiger partial charge in [-0.05, 0) is 24.3 Å². The second-order valence-electron chi connectivity index (χ2n) is 8.33. The molecule has 0 spiro atoms. The quantitative estimate of drug-likeness (QED) is 0.706. The molecule has 0 radical (unpaired) electrons. The van der Waals surface area contributed by atoms with Crippen LogP contribution in [0.25, 0.3) is 0 Å². The van der Waals surface area contributed by atoms with E-state index in [9.17, 15) is 19.5 Å². The van der Waals surface area contributed by atoms with Gasteiger partial charge >= 0.3 is 12.1 Å². The van der Waals surface area contributed by atoms with E-state index in [1.54, 1.807) is 4.90 Å². The maximum atomic E-state index is 12.3. The van der Waals surface area contributed by atoms with Gasteiger partial charge in [-0.3, -0.25) is 4.79 Å². The molecule has 3 rings (SSSR count). The lowest BCUT2D eigenvalue weighted by molar-refractivity contribution is -0.119. The summed E-state index contributed by atoms with van der Waals surface area (Å²) in [5.41, 5.74) is 0.539. The van der Waals surface area contributed by atoms with Crippen LogP contribution in [-0.4, -0.2) is 59.8 Å². The Kier molecular flexibility index (Phi) is 5.83. The maximum Gasteiger partial charge on any atom is 0.410 e. The molecule has 1 aromatic heterocycles. The lowest BCUT2D eigenvalue weighted by Crippen LogP contribution is -2.43. The van der Waals surface area contributed by atoms with Crippen LogP contribution in [-0.2, 0) is 14.9 Å². The van der Waals surface area contributed by atoms with Gasteiger partial charge in [0.25, 0.3) is 0 Å². The van der Waals surface area contributed by atoms with Gasteiger partial charge in [0, 0.05) is 24.0 Å². The highest BCUT2D eigenvalue weighted by molar-refractivity contribution is 7.14. The summed E-state index contributed by atoms with van der Waals surface area (Å²) < 4.78 is 5.37. The van der Waals surface area contributed by atoms with Gasteiger partial charge in [0.15, 0.2) is 0 Å². The average molecular weight is 410 g/mol. The Morgan fingerprint density at radius 1 is 1.32 bits per heavy atom. The number of carboxylic acids is 1. The molecule has 2 aliphatic rings. The monoisotopic (exact) mass is 409 g/mol. The van der Waals surface area contributed by atoms with Crippen molar-refractivity contribution in [1.29, 1.82) is 0 Å². The smallest absolute Gasteiger partial charge is 0.410 e. The van der Waals surface area contributed by atoms with Gasteiger partial charge < -0.3 is 25.4 Å². The predicted octanol–water partition coefficient (Wildman–Crippen LogP) is 2.65. The lowest BCUT2D eigenvalue weighted by atomic mass is 9.94. The number of nitrogens with one attached hydrogen (secondary N) is 2.